The van der Waals surface area contributed by atoms with Crippen LogP contribution in [-0.4, -0.2) is 60.2 Å². The molecule has 0 unspecified atom stereocenters. The van der Waals surface area contributed by atoms with Crippen LogP contribution in [-0.2, 0) is 16.0 Å². The van der Waals surface area contributed by atoms with Crippen molar-refractivity contribution in [1.29, 1.82) is 0 Å². The molecule has 1 aliphatic heterocycles. The van der Waals surface area contributed by atoms with Crippen molar-refractivity contribution in [3.63, 3.8) is 0 Å². The predicted octanol–water partition coefficient (Wildman–Crippen LogP) is 3.65. The van der Waals surface area contributed by atoms with E-state index in [0.717, 1.165) is 36.4 Å². The third kappa shape index (κ3) is 6.70. The minimum absolute atomic E-state index is 0.00747. The molecule has 1 aromatic heterocycles. The molecule has 11 heteroatoms. The van der Waals surface area contributed by atoms with E-state index in [-0.39, 0.29) is 24.4 Å². The second-order valence-electron chi connectivity index (χ2n) is 8.24. The van der Waals surface area contributed by atoms with Crippen LogP contribution in [0, 0.1) is 17.5 Å². The molecule has 0 bridgehead atoms. The van der Waals surface area contributed by atoms with Crippen LogP contribution in [0.3, 0.4) is 0 Å². The summed E-state index contributed by atoms with van der Waals surface area (Å²) < 4.78 is 52.2. The normalized spacial score (nSPS) is 14.0. The van der Waals surface area contributed by atoms with Gasteiger partial charge in [-0.3, -0.25) is 15.0 Å². The number of nitrogens with zero attached hydrogens (tertiary/aromatic N) is 3. The molecule has 0 atom stereocenters. The van der Waals surface area contributed by atoms with Gasteiger partial charge in [-0.15, -0.1) is 0 Å². The lowest BCUT2D eigenvalue weighted by atomic mass is 10.1. The number of nitrogens with one attached hydrogen (secondary N) is 1. The van der Waals surface area contributed by atoms with Gasteiger partial charge in [0.15, 0.2) is 17.5 Å². The second kappa shape index (κ2) is 11.8. The van der Waals surface area contributed by atoms with E-state index in [2.05, 4.69) is 15.3 Å². The van der Waals surface area contributed by atoms with Crippen LogP contribution < -0.4 is 10.9 Å². The minimum atomic E-state index is -1.58. The Morgan fingerprint density at radius 3 is 2.56 bits per heavy atom. The summed E-state index contributed by atoms with van der Waals surface area (Å²) in [5.74, 6) is -4.28. The molecular weight excluding hydrogens is 477 g/mol. The van der Waals surface area contributed by atoms with E-state index in [0.29, 0.717) is 30.9 Å². The molecule has 3 aromatic rings. The van der Waals surface area contributed by atoms with Gasteiger partial charge in [0, 0.05) is 37.0 Å². The summed E-state index contributed by atoms with van der Waals surface area (Å²) in [7, 11) is 0. The fraction of sp³-hybridized carbons (Fsp3) is 0.320. The number of carbonyl (C=O) groups is 1. The van der Waals surface area contributed by atoms with Crippen molar-refractivity contribution in [3.8, 4) is 11.3 Å². The van der Waals surface area contributed by atoms with E-state index in [4.69, 9.17) is 9.47 Å². The maximum atomic E-state index is 13.6. The molecule has 0 saturated carbocycles. The Morgan fingerprint density at radius 1 is 1.06 bits per heavy atom. The highest BCUT2D eigenvalue weighted by Crippen LogP contribution is 2.21. The summed E-state index contributed by atoms with van der Waals surface area (Å²) in [4.78, 5) is 26.7. The molecule has 1 aliphatic rings. The minimum Gasteiger partial charge on any atom is -0.449 e. The van der Waals surface area contributed by atoms with Gasteiger partial charge in [-0.2, -0.15) is 5.10 Å². The summed E-state index contributed by atoms with van der Waals surface area (Å²) in [6, 6.07) is 10.9. The summed E-state index contributed by atoms with van der Waals surface area (Å²) in [5.41, 5.74) is 0.759. The first-order valence-corrected chi connectivity index (χ1v) is 11.4. The number of hydrogen-bond acceptors (Lipinski definition) is 6. The van der Waals surface area contributed by atoms with Crippen LogP contribution in [0.4, 0.5) is 23.7 Å². The molecule has 1 saturated heterocycles. The third-order valence-electron chi connectivity index (χ3n) is 5.61. The Kier molecular flexibility index (Phi) is 8.34. The fourth-order valence-corrected chi connectivity index (χ4v) is 3.77. The second-order valence-corrected chi connectivity index (χ2v) is 8.24. The number of hydrogen-bond donors (Lipinski definition) is 1. The molecule has 36 heavy (non-hydrogen) atoms. The van der Waals surface area contributed by atoms with Crippen LogP contribution in [0.25, 0.3) is 11.3 Å². The van der Waals surface area contributed by atoms with Gasteiger partial charge in [0.1, 0.15) is 0 Å². The summed E-state index contributed by atoms with van der Waals surface area (Å²) >= 11 is 0. The van der Waals surface area contributed by atoms with Crippen LogP contribution in [0.5, 0.6) is 0 Å². The number of aromatic nitrogens is 2. The van der Waals surface area contributed by atoms with Gasteiger partial charge in [-0.05, 0) is 42.3 Å². The van der Waals surface area contributed by atoms with Crippen molar-refractivity contribution in [2.75, 3.05) is 44.8 Å². The average Bonchev–Trinajstić information content (AvgIpc) is 2.87. The van der Waals surface area contributed by atoms with E-state index in [1.54, 1.807) is 24.3 Å². The van der Waals surface area contributed by atoms with Gasteiger partial charge < -0.3 is 9.47 Å². The number of anilines is 1. The zero-order chi connectivity index (χ0) is 25.5. The van der Waals surface area contributed by atoms with Crippen LogP contribution in [0.1, 0.15) is 12.0 Å². The lowest BCUT2D eigenvalue weighted by molar-refractivity contribution is 0.0348. The van der Waals surface area contributed by atoms with Crippen LogP contribution in [0.2, 0.25) is 0 Å². The Bertz CT molecular complexity index is 1260. The van der Waals surface area contributed by atoms with Crippen molar-refractivity contribution in [2.24, 2.45) is 0 Å². The van der Waals surface area contributed by atoms with Gasteiger partial charge in [0.25, 0.3) is 5.56 Å². The molecule has 2 heterocycles. The van der Waals surface area contributed by atoms with Crippen molar-refractivity contribution in [1.82, 2.24) is 14.7 Å². The number of amides is 1. The van der Waals surface area contributed by atoms with Gasteiger partial charge in [0.2, 0.25) is 0 Å². The zero-order valence-electron chi connectivity index (χ0n) is 19.4. The first-order valence-electron chi connectivity index (χ1n) is 11.4. The number of morpholine rings is 1. The number of rotatable bonds is 8. The van der Waals surface area contributed by atoms with Crippen molar-refractivity contribution in [2.45, 2.75) is 13.0 Å². The SMILES string of the molecule is O=C(Nc1cccc(Cn2nc(-c3cc(F)c(F)c(F)c3)ccc2=O)c1)OCCCN1CCOCC1. The molecule has 1 fully saturated rings. The highest BCUT2D eigenvalue weighted by Gasteiger charge is 2.14. The Labute approximate surface area is 205 Å². The number of halogens is 3. The lowest BCUT2D eigenvalue weighted by Gasteiger charge is -2.26. The quantitative estimate of drug-likeness (QED) is 0.374. The first kappa shape index (κ1) is 25.4. The fourth-order valence-electron chi connectivity index (χ4n) is 3.77. The maximum absolute atomic E-state index is 13.6. The van der Waals surface area contributed by atoms with Crippen LogP contribution >= 0.6 is 0 Å². The highest BCUT2D eigenvalue weighted by molar-refractivity contribution is 5.84. The molecular formula is C25H25F3N4O4. The topological polar surface area (TPSA) is 85.7 Å². The Hall–Kier alpha value is -3.70. The lowest BCUT2D eigenvalue weighted by Crippen LogP contribution is -2.37. The first-order chi connectivity index (χ1) is 17.4. The predicted molar refractivity (Wildman–Crippen MR) is 126 cm³/mol. The molecule has 0 spiro atoms. The standard InChI is InChI=1S/C25H25F3N4O4/c26-20-14-18(15-21(27)24(20)28)22-5-6-23(33)32(30-22)16-17-3-1-4-19(13-17)29-25(34)36-10-2-7-31-8-11-35-12-9-31/h1,3-6,13-15H,2,7-12,16H2,(H,29,34). The van der Waals surface area contributed by atoms with E-state index < -0.39 is 29.1 Å². The summed E-state index contributed by atoms with van der Waals surface area (Å²) in [6.07, 6.45) is 0.118. The summed E-state index contributed by atoms with van der Waals surface area (Å²) in [5, 5.41) is 6.81. The van der Waals surface area contributed by atoms with Crippen molar-refractivity contribution in [3.05, 3.63) is 81.9 Å². The smallest absolute Gasteiger partial charge is 0.411 e. The van der Waals surface area contributed by atoms with Crippen LogP contribution in [0.15, 0.2) is 53.3 Å². The molecule has 0 radical (unpaired) electrons. The molecule has 1 amide bonds. The van der Waals surface area contributed by atoms with Crippen molar-refractivity contribution < 1.29 is 27.4 Å². The maximum Gasteiger partial charge on any atom is 0.411 e. The van der Waals surface area contributed by atoms with E-state index in [1.165, 1.54) is 12.1 Å². The van der Waals surface area contributed by atoms with E-state index in [1.807, 2.05) is 0 Å². The summed E-state index contributed by atoms with van der Waals surface area (Å²) in [6.45, 7) is 4.31. The molecule has 190 valence electrons. The molecule has 8 nitrogen and oxygen atoms in total. The molecule has 4 rings (SSSR count). The average molecular weight is 502 g/mol. The Morgan fingerprint density at radius 2 is 1.81 bits per heavy atom. The zero-order valence-corrected chi connectivity index (χ0v) is 19.4. The van der Waals surface area contributed by atoms with E-state index in [9.17, 15) is 22.8 Å². The largest absolute Gasteiger partial charge is 0.449 e. The van der Waals surface area contributed by atoms with Gasteiger partial charge >= 0.3 is 6.09 Å². The van der Waals surface area contributed by atoms with Gasteiger partial charge in [-0.25, -0.2) is 22.6 Å². The Balaban J connectivity index is 1.36. The molecule has 0 aliphatic carbocycles. The highest BCUT2D eigenvalue weighted by atomic mass is 19.2. The van der Waals surface area contributed by atoms with Crippen molar-refractivity contribution >= 4 is 11.8 Å². The molecule has 1 N–H and O–H groups in total. The number of ether oxygens (including phenoxy) is 2. The van der Waals surface area contributed by atoms with E-state index >= 15 is 0 Å². The van der Waals surface area contributed by atoms with Gasteiger partial charge in [0.05, 0.1) is 32.1 Å². The molecule has 2 aromatic carbocycles. The number of benzene rings is 2. The number of carbonyl (C=O) groups excluding carboxylic acids is 1. The van der Waals surface area contributed by atoms with Gasteiger partial charge in [-0.1, -0.05) is 12.1 Å². The third-order valence-corrected chi connectivity index (χ3v) is 5.61. The monoisotopic (exact) mass is 502 g/mol.